The second kappa shape index (κ2) is 7.54. The van der Waals surface area contributed by atoms with E-state index in [0.29, 0.717) is 17.4 Å². The normalized spacial score (nSPS) is 16.3. The van der Waals surface area contributed by atoms with E-state index in [9.17, 15) is 23.1 Å². The highest BCUT2D eigenvalue weighted by atomic mass is 19.4. The summed E-state index contributed by atoms with van der Waals surface area (Å²) in [7, 11) is 0. The Morgan fingerprint density at radius 3 is 2.57 bits per heavy atom. The predicted octanol–water partition coefficient (Wildman–Crippen LogP) is 3.32. The highest BCUT2D eigenvalue weighted by Gasteiger charge is 2.32. The molecule has 7 nitrogen and oxygen atoms in total. The van der Waals surface area contributed by atoms with E-state index < -0.39 is 18.0 Å². The molecule has 0 amide bonds. The Kier molecular flexibility index (Phi) is 4.90. The van der Waals surface area contributed by atoms with Gasteiger partial charge in [-0.2, -0.15) is 13.2 Å². The lowest BCUT2D eigenvalue weighted by Gasteiger charge is -2.18. The topological polar surface area (TPSA) is 80.0 Å². The number of rotatable bonds is 5. The van der Waals surface area contributed by atoms with Gasteiger partial charge in [-0.05, 0) is 42.5 Å². The molecule has 1 unspecified atom stereocenters. The third-order valence-electron chi connectivity index (χ3n) is 4.52. The molecule has 0 fully saturated rings. The van der Waals surface area contributed by atoms with Crippen LogP contribution < -0.4 is 0 Å². The van der Waals surface area contributed by atoms with Crippen molar-refractivity contribution < 1.29 is 27.8 Å². The summed E-state index contributed by atoms with van der Waals surface area (Å²) in [6.45, 7) is 0.0436. The van der Waals surface area contributed by atoms with Gasteiger partial charge in [0.05, 0.1) is 18.4 Å². The van der Waals surface area contributed by atoms with E-state index >= 15 is 0 Å². The highest BCUT2D eigenvalue weighted by Crippen LogP contribution is 2.30. The number of carbonyl (C=O) groups is 1. The molecular weight excluding hydrogens is 401 g/mol. The zero-order valence-electron chi connectivity index (χ0n) is 15.3. The maximum absolute atomic E-state index is 12.7. The van der Waals surface area contributed by atoms with Crippen molar-refractivity contribution in [2.45, 2.75) is 18.9 Å². The number of benzene rings is 2. The minimum atomic E-state index is -4.45. The molecule has 3 aromatic rings. The van der Waals surface area contributed by atoms with Crippen molar-refractivity contribution in [1.29, 1.82) is 0 Å². The van der Waals surface area contributed by atoms with E-state index in [1.807, 2.05) is 0 Å². The Morgan fingerprint density at radius 1 is 1.17 bits per heavy atom. The number of nitrogens with zero attached hydrogens (tertiary/aromatic N) is 4. The Hall–Kier alpha value is -3.82. The van der Waals surface area contributed by atoms with Crippen LogP contribution in [0.5, 0.6) is 5.75 Å². The van der Waals surface area contributed by atoms with E-state index in [2.05, 4.69) is 10.1 Å². The van der Waals surface area contributed by atoms with Crippen molar-refractivity contribution in [3.8, 4) is 11.4 Å². The Labute approximate surface area is 168 Å². The van der Waals surface area contributed by atoms with Crippen LogP contribution in [-0.2, 0) is 22.3 Å². The van der Waals surface area contributed by atoms with Gasteiger partial charge in [-0.15, -0.1) is 5.10 Å². The molecule has 0 aliphatic carbocycles. The van der Waals surface area contributed by atoms with Gasteiger partial charge in [0, 0.05) is 29.2 Å². The number of hydrazone groups is 1. The standard InChI is InChI=1S/C20H15F3N4O3/c21-20(22,23)15-3-1-13(2-4-15)19-25-27(18(11-28)30-19)10-14-9-16(5-6-17(14)29)26-8-7-24-12-26/h1-9,11-12,18,29H,10H2. The van der Waals surface area contributed by atoms with Crippen LogP contribution in [0.4, 0.5) is 13.2 Å². The lowest BCUT2D eigenvalue weighted by Crippen LogP contribution is -2.29. The quantitative estimate of drug-likeness (QED) is 0.646. The van der Waals surface area contributed by atoms with Crippen molar-refractivity contribution in [3.05, 3.63) is 77.9 Å². The first-order valence-electron chi connectivity index (χ1n) is 8.80. The van der Waals surface area contributed by atoms with E-state index in [1.54, 1.807) is 35.4 Å². The molecule has 1 atom stereocenters. The van der Waals surface area contributed by atoms with Gasteiger partial charge in [-0.25, -0.2) is 9.99 Å². The van der Waals surface area contributed by atoms with E-state index in [1.165, 1.54) is 23.2 Å². The molecule has 1 aromatic heterocycles. The molecule has 0 bridgehead atoms. The maximum atomic E-state index is 12.7. The lowest BCUT2D eigenvalue weighted by molar-refractivity contribution is -0.137. The second-order valence-corrected chi connectivity index (χ2v) is 6.51. The summed E-state index contributed by atoms with van der Waals surface area (Å²) in [4.78, 5) is 15.4. The Balaban J connectivity index is 1.59. The third-order valence-corrected chi connectivity index (χ3v) is 4.52. The SMILES string of the molecule is O=CC1OC(c2ccc(C(F)(F)F)cc2)=NN1Cc1cc(-n2ccnc2)ccc1O. The van der Waals surface area contributed by atoms with Gasteiger partial charge in [0.25, 0.3) is 0 Å². The molecule has 154 valence electrons. The minimum Gasteiger partial charge on any atom is -0.508 e. The van der Waals surface area contributed by atoms with Crippen molar-refractivity contribution >= 4 is 12.2 Å². The molecule has 4 rings (SSSR count). The van der Waals surface area contributed by atoms with E-state index in [4.69, 9.17) is 4.74 Å². The number of hydrogen-bond acceptors (Lipinski definition) is 6. The first-order chi connectivity index (χ1) is 14.3. The fourth-order valence-corrected chi connectivity index (χ4v) is 2.97. The molecule has 30 heavy (non-hydrogen) atoms. The number of phenols is 1. The molecule has 1 aliphatic heterocycles. The van der Waals surface area contributed by atoms with E-state index in [0.717, 1.165) is 17.8 Å². The predicted molar refractivity (Wildman–Crippen MR) is 99.7 cm³/mol. The molecule has 2 aromatic carbocycles. The van der Waals surface area contributed by atoms with Crippen LogP contribution in [0.25, 0.3) is 5.69 Å². The number of alkyl halides is 3. The molecular formula is C20H15F3N4O3. The number of imidazole rings is 1. The van der Waals surface area contributed by atoms with Gasteiger partial charge in [0.2, 0.25) is 12.1 Å². The van der Waals surface area contributed by atoms with Crippen LogP contribution in [0.2, 0.25) is 0 Å². The van der Waals surface area contributed by atoms with Crippen molar-refractivity contribution in [1.82, 2.24) is 14.6 Å². The number of phenolic OH excluding ortho intramolecular Hbond substituents is 1. The van der Waals surface area contributed by atoms with Gasteiger partial charge >= 0.3 is 6.18 Å². The van der Waals surface area contributed by atoms with Gasteiger partial charge < -0.3 is 14.4 Å². The van der Waals surface area contributed by atoms with Crippen molar-refractivity contribution in [3.63, 3.8) is 0 Å². The second-order valence-electron chi connectivity index (χ2n) is 6.51. The van der Waals surface area contributed by atoms with Gasteiger partial charge in [0.15, 0.2) is 6.29 Å². The molecule has 1 aliphatic rings. The van der Waals surface area contributed by atoms with Crippen LogP contribution in [0.3, 0.4) is 0 Å². The summed E-state index contributed by atoms with van der Waals surface area (Å²) in [5.74, 6) is 0.0211. The summed E-state index contributed by atoms with van der Waals surface area (Å²) < 4.78 is 45.5. The minimum absolute atomic E-state index is 0.00157. The number of halogens is 3. The largest absolute Gasteiger partial charge is 0.508 e. The van der Waals surface area contributed by atoms with Crippen molar-refractivity contribution in [2.24, 2.45) is 5.10 Å². The van der Waals surface area contributed by atoms with Crippen LogP contribution in [-0.4, -0.2) is 38.1 Å². The Bertz CT molecular complexity index is 1080. The average Bonchev–Trinajstić information content (AvgIpc) is 3.39. The van der Waals surface area contributed by atoms with Gasteiger partial charge in [-0.3, -0.25) is 4.79 Å². The summed E-state index contributed by atoms with van der Waals surface area (Å²) in [5.41, 5.74) is 0.729. The number of ether oxygens (including phenoxy) is 1. The van der Waals surface area contributed by atoms with Gasteiger partial charge in [-0.1, -0.05) is 0 Å². The number of aldehydes is 1. The Morgan fingerprint density at radius 2 is 1.93 bits per heavy atom. The lowest BCUT2D eigenvalue weighted by atomic mass is 10.1. The number of hydrogen-bond donors (Lipinski definition) is 1. The molecule has 10 heteroatoms. The van der Waals surface area contributed by atoms with E-state index in [-0.39, 0.29) is 18.2 Å². The molecule has 2 heterocycles. The van der Waals surface area contributed by atoms with Crippen LogP contribution in [0.1, 0.15) is 16.7 Å². The zero-order chi connectivity index (χ0) is 21.3. The molecule has 0 saturated heterocycles. The number of aromatic hydroxyl groups is 1. The smallest absolute Gasteiger partial charge is 0.416 e. The number of aromatic nitrogens is 2. The first-order valence-corrected chi connectivity index (χ1v) is 8.80. The third kappa shape index (κ3) is 3.84. The summed E-state index contributed by atoms with van der Waals surface area (Å²) in [5, 5.41) is 15.7. The van der Waals surface area contributed by atoms with Crippen LogP contribution >= 0.6 is 0 Å². The van der Waals surface area contributed by atoms with Crippen LogP contribution in [0, 0.1) is 0 Å². The maximum Gasteiger partial charge on any atom is 0.416 e. The fraction of sp³-hybridized carbons (Fsp3) is 0.150. The number of carbonyl (C=O) groups excluding carboxylic acids is 1. The van der Waals surface area contributed by atoms with Crippen LogP contribution in [0.15, 0.2) is 66.3 Å². The zero-order valence-corrected chi connectivity index (χ0v) is 15.3. The highest BCUT2D eigenvalue weighted by molar-refractivity contribution is 5.95. The molecule has 0 saturated carbocycles. The molecule has 1 N–H and O–H groups in total. The van der Waals surface area contributed by atoms with Gasteiger partial charge in [0.1, 0.15) is 5.75 Å². The average molecular weight is 416 g/mol. The first kappa shape index (κ1) is 19.5. The molecule has 0 radical (unpaired) electrons. The fourth-order valence-electron chi connectivity index (χ4n) is 2.97. The van der Waals surface area contributed by atoms with Crippen molar-refractivity contribution in [2.75, 3.05) is 0 Å². The molecule has 0 spiro atoms. The summed E-state index contributed by atoms with van der Waals surface area (Å²) >= 11 is 0. The monoisotopic (exact) mass is 416 g/mol. The summed E-state index contributed by atoms with van der Waals surface area (Å²) in [6.07, 6.45) is -0.0413. The summed E-state index contributed by atoms with van der Waals surface area (Å²) in [6, 6.07) is 9.21.